The molecule has 0 aliphatic heterocycles. The van der Waals surface area contributed by atoms with E-state index in [2.05, 4.69) is 28.2 Å². The van der Waals surface area contributed by atoms with E-state index in [9.17, 15) is 15.2 Å². The number of anilines is 1. The molecule has 7 nitrogen and oxygen atoms in total. The quantitative estimate of drug-likeness (QED) is 0.255. The van der Waals surface area contributed by atoms with Crippen LogP contribution < -0.4 is 10.1 Å². The SMILES string of the molecule is CCCCCCCCOc1cc(NCC(O)CO)c([N+](=O)[O-])cc1Br. The van der Waals surface area contributed by atoms with Gasteiger partial charge in [-0.05, 0) is 22.4 Å². The summed E-state index contributed by atoms with van der Waals surface area (Å²) in [5.74, 6) is 0.514. The third kappa shape index (κ3) is 8.02. The first-order chi connectivity index (χ1) is 12.0. The molecule has 142 valence electrons. The first kappa shape index (κ1) is 21.7. The van der Waals surface area contributed by atoms with Gasteiger partial charge in [0.2, 0.25) is 0 Å². The minimum absolute atomic E-state index is 0.00976. The van der Waals surface area contributed by atoms with Gasteiger partial charge in [0.05, 0.1) is 28.7 Å². The van der Waals surface area contributed by atoms with Gasteiger partial charge in [-0.15, -0.1) is 0 Å². The lowest BCUT2D eigenvalue weighted by molar-refractivity contribution is -0.384. The standard InChI is InChI=1S/C17H27BrN2O5/c1-2-3-4-5-6-7-8-25-17-10-15(19-11-13(22)12-21)16(20(23)24)9-14(17)18/h9-10,13,19,21-22H,2-8,11-12H2,1H3. The Bertz CT molecular complexity index is 542. The van der Waals surface area contributed by atoms with E-state index in [1.807, 2.05) is 0 Å². The maximum Gasteiger partial charge on any atom is 0.293 e. The number of nitrogens with zero attached hydrogens (tertiary/aromatic N) is 1. The molecule has 0 spiro atoms. The molecule has 8 heteroatoms. The van der Waals surface area contributed by atoms with Crippen molar-refractivity contribution in [2.45, 2.75) is 51.6 Å². The number of hydrogen-bond acceptors (Lipinski definition) is 6. The highest BCUT2D eigenvalue weighted by Crippen LogP contribution is 2.36. The molecule has 1 atom stereocenters. The number of ether oxygens (including phenoxy) is 1. The molecular formula is C17H27BrN2O5. The molecule has 1 aromatic rings. The van der Waals surface area contributed by atoms with Gasteiger partial charge in [-0.1, -0.05) is 39.0 Å². The predicted molar refractivity (Wildman–Crippen MR) is 101 cm³/mol. The van der Waals surface area contributed by atoms with Crippen molar-refractivity contribution in [2.75, 3.05) is 25.1 Å². The van der Waals surface area contributed by atoms with Gasteiger partial charge in [0.1, 0.15) is 11.4 Å². The second kappa shape index (κ2) is 12.1. The summed E-state index contributed by atoms with van der Waals surface area (Å²) in [5, 5.41) is 32.2. The monoisotopic (exact) mass is 418 g/mol. The van der Waals surface area contributed by atoms with Crippen LogP contribution in [0.25, 0.3) is 0 Å². The number of nitro benzene ring substituents is 1. The van der Waals surface area contributed by atoms with E-state index < -0.39 is 17.6 Å². The molecule has 0 amide bonds. The van der Waals surface area contributed by atoms with Gasteiger partial charge in [-0.3, -0.25) is 10.1 Å². The fraction of sp³-hybridized carbons (Fsp3) is 0.647. The third-order valence-corrected chi connectivity index (χ3v) is 4.36. The van der Waals surface area contributed by atoms with Crippen molar-refractivity contribution in [3.8, 4) is 5.75 Å². The van der Waals surface area contributed by atoms with Crippen LogP contribution in [0.5, 0.6) is 5.75 Å². The van der Waals surface area contributed by atoms with Crippen molar-refractivity contribution >= 4 is 27.3 Å². The average molecular weight is 419 g/mol. The van der Waals surface area contributed by atoms with E-state index >= 15 is 0 Å². The number of rotatable bonds is 13. The number of nitro groups is 1. The van der Waals surface area contributed by atoms with Crippen molar-refractivity contribution in [3.05, 3.63) is 26.7 Å². The third-order valence-electron chi connectivity index (χ3n) is 3.74. The van der Waals surface area contributed by atoms with Crippen molar-refractivity contribution in [2.24, 2.45) is 0 Å². The minimum Gasteiger partial charge on any atom is -0.492 e. The van der Waals surface area contributed by atoms with Gasteiger partial charge in [-0.25, -0.2) is 0 Å². The number of aliphatic hydroxyl groups is 2. The van der Waals surface area contributed by atoms with E-state index in [0.29, 0.717) is 16.8 Å². The van der Waals surface area contributed by atoms with Crippen molar-refractivity contribution in [1.82, 2.24) is 0 Å². The Morgan fingerprint density at radius 2 is 1.96 bits per heavy atom. The van der Waals surface area contributed by atoms with E-state index in [0.717, 1.165) is 12.8 Å². The largest absolute Gasteiger partial charge is 0.492 e. The highest BCUT2D eigenvalue weighted by atomic mass is 79.9. The Labute approximate surface area is 156 Å². The highest BCUT2D eigenvalue weighted by molar-refractivity contribution is 9.10. The zero-order chi connectivity index (χ0) is 18.7. The van der Waals surface area contributed by atoms with Crippen LogP contribution in [0.3, 0.4) is 0 Å². The molecule has 1 unspecified atom stereocenters. The smallest absolute Gasteiger partial charge is 0.293 e. The molecule has 0 fully saturated rings. The average Bonchev–Trinajstić information content (AvgIpc) is 2.60. The van der Waals surface area contributed by atoms with Gasteiger partial charge >= 0.3 is 0 Å². The summed E-state index contributed by atoms with van der Waals surface area (Å²) >= 11 is 3.30. The number of benzene rings is 1. The van der Waals surface area contributed by atoms with Crippen LogP contribution in [-0.2, 0) is 0 Å². The summed E-state index contributed by atoms with van der Waals surface area (Å²) in [6, 6.07) is 2.92. The van der Waals surface area contributed by atoms with Crippen LogP contribution in [0, 0.1) is 10.1 Å². The summed E-state index contributed by atoms with van der Waals surface area (Å²) in [5.41, 5.74) is 0.127. The Balaban J connectivity index is 2.64. The number of aliphatic hydroxyl groups excluding tert-OH is 2. The van der Waals surface area contributed by atoms with E-state index in [1.54, 1.807) is 6.07 Å². The van der Waals surface area contributed by atoms with Crippen molar-refractivity contribution < 1.29 is 19.9 Å². The van der Waals surface area contributed by atoms with Gasteiger partial charge in [-0.2, -0.15) is 0 Å². The molecule has 1 aromatic carbocycles. The zero-order valence-corrected chi connectivity index (χ0v) is 16.1. The van der Waals surface area contributed by atoms with Gasteiger partial charge in [0, 0.05) is 18.7 Å². The second-order valence-corrected chi connectivity index (χ2v) is 6.74. The summed E-state index contributed by atoms with van der Waals surface area (Å²) in [4.78, 5) is 10.7. The van der Waals surface area contributed by atoms with E-state index in [4.69, 9.17) is 9.84 Å². The lowest BCUT2D eigenvalue weighted by Gasteiger charge is -2.14. The topological polar surface area (TPSA) is 105 Å². The lowest BCUT2D eigenvalue weighted by atomic mass is 10.1. The Hall–Kier alpha value is -1.38. The van der Waals surface area contributed by atoms with Crippen LogP contribution in [0.15, 0.2) is 16.6 Å². The Morgan fingerprint density at radius 3 is 2.60 bits per heavy atom. The molecule has 0 aromatic heterocycles. The van der Waals surface area contributed by atoms with E-state index in [1.165, 1.54) is 31.7 Å². The summed E-state index contributed by atoms with van der Waals surface area (Å²) in [6.45, 7) is 2.32. The van der Waals surface area contributed by atoms with Crippen LogP contribution in [-0.4, -0.2) is 41.0 Å². The molecule has 0 saturated heterocycles. The summed E-state index contributed by atoms with van der Waals surface area (Å²) in [6.07, 6.45) is 5.92. The molecule has 0 radical (unpaired) electrons. The first-order valence-corrected chi connectivity index (χ1v) is 9.42. The molecule has 0 bridgehead atoms. The molecule has 0 saturated carbocycles. The van der Waals surface area contributed by atoms with Gasteiger partial charge in [0.15, 0.2) is 0 Å². The van der Waals surface area contributed by atoms with Crippen LogP contribution >= 0.6 is 15.9 Å². The molecule has 3 N–H and O–H groups in total. The highest BCUT2D eigenvalue weighted by Gasteiger charge is 2.18. The Kier molecular flexibility index (Phi) is 10.4. The molecule has 0 aliphatic carbocycles. The Morgan fingerprint density at radius 1 is 1.28 bits per heavy atom. The zero-order valence-electron chi connectivity index (χ0n) is 14.5. The van der Waals surface area contributed by atoms with Crippen LogP contribution in [0.1, 0.15) is 45.4 Å². The van der Waals surface area contributed by atoms with Crippen LogP contribution in [0.4, 0.5) is 11.4 Å². The normalized spacial score (nSPS) is 12.0. The number of unbranched alkanes of at least 4 members (excludes halogenated alkanes) is 5. The maximum atomic E-state index is 11.2. The maximum absolute atomic E-state index is 11.2. The predicted octanol–water partition coefficient (Wildman–Crippen LogP) is 3.86. The summed E-state index contributed by atoms with van der Waals surface area (Å²) in [7, 11) is 0. The molecule has 25 heavy (non-hydrogen) atoms. The number of nitrogens with one attached hydrogen (secondary N) is 1. The fourth-order valence-corrected chi connectivity index (χ4v) is 2.75. The molecule has 0 aliphatic rings. The lowest BCUT2D eigenvalue weighted by Crippen LogP contribution is -2.23. The van der Waals surface area contributed by atoms with E-state index in [-0.39, 0.29) is 17.9 Å². The summed E-state index contributed by atoms with van der Waals surface area (Å²) < 4.78 is 6.24. The van der Waals surface area contributed by atoms with Gasteiger partial charge < -0.3 is 20.3 Å². The van der Waals surface area contributed by atoms with Crippen LogP contribution in [0.2, 0.25) is 0 Å². The molecule has 0 heterocycles. The van der Waals surface area contributed by atoms with Gasteiger partial charge in [0.25, 0.3) is 5.69 Å². The second-order valence-electron chi connectivity index (χ2n) is 5.89. The number of halogens is 1. The minimum atomic E-state index is -0.990. The molecular weight excluding hydrogens is 392 g/mol. The fourth-order valence-electron chi connectivity index (χ4n) is 2.30. The molecule has 1 rings (SSSR count). The number of hydrogen-bond donors (Lipinski definition) is 3. The first-order valence-electron chi connectivity index (χ1n) is 8.63. The van der Waals surface area contributed by atoms with Crippen molar-refractivity contribution in [1.29, 1.82) is 0 Å². The van der Waals surface area contributed by atoms with Crippen molar-refractivity contribution in [3.63, 3.8) is 0 Å².